The van der Waals surface area contributed by atoms with Crippen LogP contribution in [0.2, 0.25) is 0 Å². The number of hydrogen-bond acceptors (Lipinski definition) is 3. The highest BCUT2D eigenvalue weighted by molar-refractivity contribution is 5.79. The molecule has 0 spiro atoms. The smallest absolute Gasteiger partial charge is 0.191 e. The summed E-state index contributed by atoms with van der Waals surface area (Å²) < 4.78 is 0. The van der Waals surface area contributed by atoms with Gasteiger partial charge in [0.25, 0.3) is 0 Å². The van der Waals surface area contributed by atoms with Gasteiger partial charge in [-0.3, -0.25) is 9.98 Å². The maximum absolute atomic E-state index is 10.5. The molecule has 28 heavy (non-hydrogen) atoms. The number of aliphatic hydroxyl groups excluding tert-OH is 1. The molecule has 2 rings (SSSR count). The van der Waals surface area contributed by atoms with Gasteiger partial charge in [-0.1, -0.05) is 45.0 Å². The van der Waals surface area contributed by atoms with E-state index in [4.69, 9.17) is 0 Å². The zero-order valence-electron chi connectivity index (χ0n) is 17.8. The number of aromatic nitrogens is 1. The molecule has 0 fully saturated rings. The van der Waals surface area contributed by atoms with E-state index in [1.54, 1.807) is 0 Å². The SMILES string of the molecule is CCNC(=NCC(O)c1ccc(C(C)(C)C)cc1)NCCc1ccncc1C. The summed E-state index contributed by atoms with van der Waals surface area (Å²) >= 11 is 0. The fourth-order valence-corrected chi connectivity index (χ4v) is 2.93. The summed E-state index contributed by atoms with van der Waals surface area (Å²) in [5.41, 5.74) is 4.72. The van der Waals surface area contributed by atoms with Crippen molar-refractivity contribution >= 4 is 5.96 Å². The molecule has 0 amide bonds. The number of guanidine groups is 1. The van der Waals surface area contributed by atoms with Gasteiger partial charge in [0.05, 0.1) is 12.6 Å². The van der Waals surface area contributed by atoms with Crippen molar-refractivity contribution in [1.29, 1.82) is 0 Å². The number of aryl methyl sites for hydroxylation is 1. The third-order valence-corrected chi connectivity index (χ3v) is 4.75. The molecule has 0 saturated heterocycles. The van der Waals surface area contributed by atoms with Crippen LogP contribution in [0.4, 0.5) is 0 Å². The van der Waals surface area contributed by atoms with Gasteiger partial charge >= 0.3 is 0 Å². The lowest BCUT2D eigenvalue weighted by atomic mass is 9.86. The Labute approximate surface area is 169 Å². The predicted molar refractivity (Wildman–Crippen MR) is 117 cm³/mol. The van der Waals surface area contributed by atoms with Crippen molar-refractivity contribution < 1.29 is 5.11 Å². The van der Waals surface area contributed by atoms with Gasteiger partial charge < -0.3 is 15.7 Å². The Kier molecular flexibility index (Phi) is 8.00. The quantitative estimate of drug-likeness (QED) is 0.506. The van der Waals surface area contributed by atoms with Crippen molar-refractivity contribution in [3.63, 3.8) is 0 Å². The molecule has 0 saturated carbocycles. The van der Waals surface area contributed by atoms with Crippen LogP contribution >= 0.6 is 0 Å². The van der Waals surface area contributed by atoms with E-state index in [0.29, 0.717) is 6.54 Å². The second-order valence-corrected chi connectivity index (χ2v) is 8.09. The summed E-state index contributed by atoms with van der Waals surface area (Å²) in [7, 11) is 0. The van der Waals surface area contributed by atoms with Crippen LogP contribution in [0.3, 0.4) is 0 Å². The van der Waals surface area contributed by atoms with Crippen molar-refractivity contribution in [2.75, 3.05) is 19.6 Å². The molecule has 0 radical (unpaired) electrons. The van der Waals surface area contributed by atoms with Gasteiger partial charge in [-0.2, -0.15) is 0 Å². The van der Waals surface area contributed by atoms with Crippen LogP contribution in [0.15, 0.2) is 47.7 Å². The maximum atomic E-state index is 10.5. The van der Waals surface area contributed by atoms with Gasteiger partial charge in [0.2, 0.25) is 0 Å². The molecule has 5 nitrogen and oxygen atoms in total. The molecule has 0 bridgehead atoms. The van der Waals surface area contributed by atoms with E-state index in [0.717, 1.165) is 31.0 Å². The lowest BCUT2D eigenvalue weighted by molar-refractivity contribution is 0.187. The zero-order chi connectivity index (χ0) is 20.6. The van der Waals surface area contributed by atoms with E-state index in [2.05, 4.69) is 60.4 Å². The number of hydrogen-bond donors (Lipinski definition) is 3. The lowest BCUT2D eigenvalue weighted by Gasteiger charge is -2.20. The molecule has 152 valence electrons. The first-order chi connectivity index (χ1) is 13.3. The molecule has 5 heteroatoms. The summed E-state index contributed by atoms with van der Waals surface area (Å²) in [5, 5.41) is 17.1. The van der Waals surface area contributed by atoms with E-state index < -0.39 is 6.10 Å². The minimum atomic E-state index is -0.619. The van der Waals surface area contributed by atoms with Gasteiger partial charge in [0.15, 0.2) is 5.96 Å². The zero-order valence-corrected chi connectivity index (χ0v) is 17.8. The van der Waals surface area contributed by atoms with E-state index in [9.17, 15) is 5.11 Å². The minimum Gasteiger partial charge on any atom is -0.386 e. The van der Waals surface area contributed by atoms with Gasteiger partial charge in [-0.25, -0.2) is 0 Å². The number of nitrogens with one attached hydrogen (secondary N) is 2. The van der Waals surface area contributed by atoms with Gasteiger partial charge in [-0.05, 0) is 54.0 Å². The topological polar surface area (TPSA) is 69.5 Å². The van der Waals surface area contributed by atoms with Gasteiger partial charge in [-0.15, -0.1) is 0 Å². The molecule has 1 atom stereocenters. The van der Waals surface area contributed by atoms with E-state index in [1.807, 2.05) is 37.5 Å². The van der Waals surface area contributed by atoms with Crippen LogP contribution < -0.4 is 10.6 Å². The van der Waals surface area contributed by atoms with Gasteiger partial charge in [0, 0.05) is 25.5 Å². The second-order valence-electron chi connectivity index (χ2n) is 8.09. The fourth-order valence-electron chi connectivity index (χ4n) is 2.93. The Hall–Kier alpha value is -2.40. The molecule has 0 aliphatic carbocycles. The Balaban J connectivity index is 1.92. The van der Waals surface area contributed by atoms with Crippen molar-refractivity contribution in [3.05, 3.63) is 65.0 Å². The summed E-state index contributed by atoms with van der Waals surface area (Å²) in [4.78, 5) is 8.68. The molecule has 0 aliphatic rings. The van der Waals surface area contributed by atoms with Crippen molar-refractivity contribution in [2.45, 2.75) is 52.6 Å². The number of rotatable bonds is 7. The third-order valence-electron chi connectivity index (χ3n) is 4.75. The molecular weight excluding hydrogens is 348 g/mol. The van der Waals surface area contributed by atoms with E-state index in [-0.39, 0.29) is 5.41 Å². The number of aliphatic hydroxyl groups is 1. The standard InChI is InChI=1S/C23H34N4O/c1-6-25-22(26-14-12-18-11-13-24-15-17(18)2)27-16-21(28)19-7-9-20(10-8-19)23(3,4)5/h7-11,13,15,21,28H,6,12,14,16H2,1-5H3,(H2,25,26,27). The fraction of sp³-hybridized carbons (Fsp3) is 0.478. The van der Waals surface area contributed by atoms with Gasteiger partial charge in [0.1, 0.15) is 0 Å². The van der Waals surface area contributed by atoms with Crippen molar-refractivity contribution in [2.24, 2.45) is 4.99 Å². The second kappa shape index (κ2) is 10.2. The van der Waals surface area contributed by atoms with Crippen LogP contribution in [0.5, 0.6) is 0 Å². The largest absolute Gasteiger partial charge is 0.386 e. The monoisotopic (exact) mass is 382 g/mol. The Morgan fingerprint density at radius 2 is 1.86 bits per heavy atom. The maximum Gasteiger partial charge on any atom is 0.191 e. The number of pyridine rings is 1. The van der Waals surface area contributed by atoms with Crippen molar-refractivity contribution in [3.8, 4) is 0 Å². The number of nitrogens with zero attached hydrogens (tertiary/aromatic N) is 2. The minimum absolute atomic E-state index is 0.108. The summed E-state index contributed by atoms with van der Waals surface area (Å²) in [6.07, 6.45) is 3.99. The molecular formula is C23H34N4O. The molecule has 2 aromatic rings. The summed E-state index contributed by atoms with van der Waals surface area (Å²) in [6.45, 7) is 12.5. The first kappa shape index (κ1) is 21.9. The number of aliphatic imine (C=N–C) groups is 1. The predicted octanol–water partition coefficient (Wildman–Crippen LogP) is 3.52. The summed E-state index contributed by atoms with van der Waals surface area (Å²) in [6, 6.07) is 10.2. The van der Waals surface area contributed by atoms with Crippen LogP contribution in [0.1, 0.15) is 56.1 Å². The lowest BCUT2D eigenvalue weighted by Crippen LogP contribution is -2.38. The normalized spacial score (nSPS) is 13.3. The highest BCUT2D eigenvalue weighted by atomic mass is 16.3. The molecule has 1 aromatic carbocycles. The Morgan fingerprint density at radius 1 is 1.14 bits per heavy atom. The van der Waals surface area contributed by atoms with Crippen LogP contribution in [-0.4, -0.2) is 35.7 Å². The molecule has 3 N–H and O–H groups in total. The molecule has 1 heterocycles. The highest BCUT2D eigenvalue weighted by Gasteiger charge is 2.14. The molecule has 1 aromatic heterocycles. The average molecular weight is 383 g/mol. The van der Waals surface area contributed by atoms with Crippen LogP contribution in [0, 0.1) is 6.92 Å². The first-order valence-electron chi connectivity index (χ1n) is 10.0. The molecule has 1 unspecified atom stereocenters. The van der Waals surface area contributed by atoms with Crippen LogP contribution in [-0.2, 0) is 11.8 Å². The average Bonchev–Trinajstić information content (AvgIpc) is 2.66. The van der Waals surface area contributed by atoms with Crippen molar-refractivity contribution in [1.82, 2.24) is 15.6 Å². The summed E-state index contributed by atoms with van der Waals surface area (Å²) in [5.74, 6) is 0.722. The van der Waals surface area contributed by atoms with E-state index in [1.165, 1.54) is 16.7 Å². The third kappa shape index (κ3) is 6.64. The van der Waals surface area contributed by atoms with E-state index >= 15 is 0 Å². The highest BCUT2D eigenvalue weighted by Crippen LogP contribution is 2.24. The van der Waals surface area contributed by atoms with Crippen LogP contribution in [0.25, 0.3) is 0 Å². The Morgan fingerprint density at radius 3 is 2.46 bits per heavy atom. The first-order valence-corrected chi connectivity index (χ1v) is 10.0. The Bertz CT molecular complexity index is 763. The number of benzene rings is 1. The molecule has 0 aliphatic heterocycles.